The molecule has 0 spiro atoms. The van der Waals surface area contributed by atoms with Gasteiger partial charge in [-0.1, -0.05) is 51.0 Å². The number of amides is 2. The molecule has 0 saturated heterocycles. The van der Waals surface area contributed by atoms with Crippen LogP contribution in [-0.4, -0.2) is 30.9 Å². The van der Waals surface area contributed by atoms with E-state index in [0.29, 0.717) is 0 Å². The van der Waals surface area contributed by atoms with Gasteiger partial charge in [-0.15, -0.1) is 0 Å². The number of aromatic nitrogens is 4. The molecular weight excluding hydrogens is 500 g/mol. The lowest BCUT2D eigenvalue weighted by molar-refractivity contribution is -0.116. The quantitative estimate of drug-likeness (QED) is 0.182. The summed E-state index contributed by atoms with van der Waals surface area (Å²) in [5.74, 6) is 1.29. The van der Waals surface area contributed by atoms with Crippen molar-refractivity contribution in [2.75, 3.05) is 10.6 Å². The maximum Gasteiger partial charge on any atom is 0.231 e. The van der Waals surface area contributed by atoms with Crippen LogP contribution in [0.1, 0.15) is 51.2 Å². The summed E-state index contributed by atoms with van der Waals surface area (Å²) in [7, 11) is 0. The lowest BCUT2D eigenvalue weighted by Crippen LogP contribution is -2.18. The van der Waals surface area contributed by atoms with Gasteiger partial charge in [0.05, 0.1) is 12.8 Å². The van der Waals surface area contributed by atoms with Gasteiger partial charge in [-0.25, -0.2) is 9.97 Å². The number of unbranched alkanes of at least 4 members (excludes halogenated alkanes) is 2. The average Bonchev–Trinajstić information content (AvgIpc) is 3.58. The van der Waals surface area contributed by atoms with Crippen molar-refractivity contribution in [1.29, 1.82) is 0 Å². The van der Waals surface area contributed by atoms with E-state index >= 15 is 0 Å². The van der Waals surface area contributed by atoms with E-state index in [2.05, 4.69) is 40.5 Å². The van der Waals surface area contributed by atoms with Crippen LogP contribution in [0.5, 0.6) is 0 Å². The summed E-state index contributed by atoms with van der Waals surface area (Å²) < 4.78 is 4.09. The second kappa shape index (κ2) is 12.6. The van der Waals surface area contributed by atoms with E-state index < -0.39 is 0 Å². The van der Waals surface area contributed by atoms with Crippen LogP contribution in [0.15, 0.2) is 73.3 Å². The number of carbonyl (C=O) groups is 2. The fourth-order valence-corrected chi connectivity index (χ4v) is 5.02. The van der Waals surface area contributed by atoms with E-state index in [9.17, 15) is 9.59 Å². The number of rotatable bonds is 12. The lowest BCUT2D eigenvalue weighted by atomic mass is 10.0. The molecule has 0 atom stereocenters. The van der Waals surface area contributed by atoms with E-state index in [4.69, 9.17) is 0 Å². The Morgan fingerprint density at radius 2 is 1.18 bits per heavy atom. The SMILES string of the molecule is CCCCn1ccnc1CC(=O)Nc1cccc2cc3cccc(NC(=O)Cc4nccn4CCCC)c3cc12. The number of carbonyl (C=O) groups excluding carboxylic acids is 2. The fourth-order valence-electron chi connectivity index (χ4n) is 5.02. The molecule has 8 heteroatoms. The number of hydrogen-bond donors (Lipinski definition) is 2. The molecule has 5 aromatic rings. The molecule has 2 amide bonds. The average molecular weight is 537 g/mol. The Balaban J connectivity index is 1.37. The summed E-state index contributed by atoms with van der Waals surface area (Å²) in [6, 6.07) is 15.9. The normalized spacial score (nSPS) is 11.2. The first-order valence-electron chi connectivity index (χ1n) is 14.1. The molecular formula is C32H36N6O2. The molecule has 0 unspecified atom stereocenters. The van der Waals surface area contributed by atoms with Crippen LogP contribution in [-0.2, 0) is 35.5 Å². The predicted molar refractivity (Wildman–Crippen MR) is 160 cm³/mol. The van der Waals surface area contributed by atoms with Gasteiger partial charge in [0.15, 0.2) is 0 Å². The van der Waals surface area contributed by atoms with Crippen molar-refractivity contribution in [3.8, 4) is 0 Å². The summed E-state index contributed by atoms with van der Waals surface area (Å²) in [6.07, 6.45) is 12.0. The number of benzene rings is 3. The molecule has 5 rings (SSSR count). The van der Waals surface area contributed by atoms with Crippen molar-refractivity contribution in [2.24, 2.45) is 0 Å². The minimum absolute atomic E-state index is 0.114. The zero-order valence-electron chi connectivity index (χ0n) is 23.2. The summed E-state index contributed by atoms with van der Waals surface area (Å²) in [5, 5.41) is 10.0. The zero-order chi connectivity index (χ0) is 27.9. The maximum absolute atomic E-state index is 13.0. The molecule has 2 N–H and O–H groups in total. The van der Waals surface area contributed by atoms with Gasteiger partial charge in [-0.05, 0) is 47.9 Å². The second-order valence-corrected chi connectivity index (χ2v) is 10.1. The maximum atomic E-state index is 13.0. The Hall–Kier alpha value is -4.46. The second-order valence-electron chi connectivity index (χ2n) is 10.1. The molecule has 2 heterocycles. The number of anilines is 2. The van der Waals surface area contributed by atoms with Crippen molar-refractivity contribution in [2.45, 2.75) is 65.5 Å². The summed E-state index contributed by atoms with van der Waals surface area (Å²) in [4.78, 5) is 34.9. The smallest absolute Gasteiger partial charge is 0.231 e. The van der Waals surface area contributed by atoms with Crippen LogP contribution >= 0.6 is 0 Å². The summed E-state index contributed by atoms with van der Waals surface area (Å²) >= 11 is 0. The Morgan fingerprint density at radius 1 is 0.700 bits per heavy atom. The Labute approximate surface area is 234 Å². The number of nitrogens with one attached hydrogen (secondary N) is 2. The standard InChI is InChI=1S/C32H36N6O2/c1-3-5-15-37-17-13-33-29(37)21-31(39)35-27-11-7-9-23-19-24-10-8-12-28(26(24)20-25(23)27)36-32(40)22-30-34-14-18-38(30)16-6-4-2/h7-14,17-20H,3-6,15-16,21-22H2,1-2H3,(H,35,39)(H,36,40). The Kier molecular flexibility index (Phi) is 8.54. The molecule has 40 heavy (non-hydrogen) atoms. The molecule has 0 aliphatic rings. The van der Waals surface area contributed by atoms with Crippen molar-refractivity contribution in [3.63, 3.8) is 0 Å². The van der Waals surface area contributed by atoms with Gasteiger partial charge in [0, 0.05) is 60.0 Å². The van der Waals surface area contributed by atoms with E-state index in [1.54, 1.807) is 12.4 Å². The van der Waals surface area contributed by atoms with Crippen molar-refractivity contribution in [1.82, 2.24) is 19.1 Å². The minimum atomic E-state index is -0.114. The van der Waals surface area contributed by atoms with E-state index in [0.717, 1.165) is 83.3 Å². The van der Waals surface area contributed by atoms with Crippen molar-refractivity contribution in [3.05, 3.63) is 85.0 Å². The molecule has 0 radical (unpaired) electrons. The predicted octanol–water partition coefficient (Wildman–Crippen LogP) is 6.35. The molecule has 0 aliphatic carbocycles. The molecule has 0 bridgehead atoms. The van der Waals surface area contributed by atoms with Gasteiger partial charge in [-0.3, -0.25) is 9.59 Å². The van der Waals surface area contributed by atoms with E-state index in [1.807, 2.05) is 64.0 Å². The highest BCUT2D eigenvalue weighted by Gasteiger charge is 2.14. The number of aryl methyl sites for hydroxylation is 2. The van der Waals surface area contributed by atoms with Crippen LogP contribution in [0, 0.1) is 0 Å². The molecule has 206 valence electrons. The number of fused-ring (bicyclic) bond motifs is 2. The topological polar surface area (TPSA) is 93.8 Å². The Morgan fingerprint density at radius 3 is 1.62 bits per heavy atom. The zero-order valence-corrected chi connectivity index (χ0v) is 23.2. The van der Waals surface area contributed by atoms with Gasteiger partial charge in [0.2, 0.25) is 11.8 Å². The van der Waals surface area contributed by atoms with Gasteiger partial charge in [0.25, 0.3) is 0 Å². The molecule has 0 fully saturated rings. The van der Waals surface area contributed by atoms with Crippen molar-refractivity contribution < 1.29 is 9.59 Å². The third kappa shape index (κ3) is 6.22. The highest BCUT2D eigenvalue weighted by Crippen LogP contribution is 2.32. The lowest BCUT2D eigenvalue weighted by Gasteiger charge is -2.13. The molecule has 3 aromatic carbocycles. The van der Waals surface area contributed by atoms with Crippen LogP contribution in [0.4, 0.5) is 11.4 Å². The van der Waals surface area contributed by atoms with E-state index in [-0.39, 0.29) is 24.7 Å². The van der Waals surface area contributed by atoms with Gasteiger partial charge in [-0.2, -0.15) is 0 Å². The first-order chi connectivity index (χ1) is 19.6. The third-order valence-corrected chi connectivity index (χ3v) is 7.17. The molecule has 0 aliphatic heterocycles. The van der Waals surface area contributed by atoms with Gasteiger partial charge in [0.1, 0.15) is 11.6 Å². The highest BCUT2D eigenvalue weighted by molar-refractivity contribution is 6.11. The number of imidazole rings is 2. The van der Waals surface area contributed by atoms with Crippen LogP contribution in [0.25, 0.3) is 21.5 Å². The highest BCUT2D eigenvalue weighted by atomic mass is 16.2. The summed E-state index contributed by atoms with van der Waals surface area (Å²) in [6.45, 7) is 6.01. The fraction of sp³-hybridized carbons (Fsp3) is 0.312. The number of hydrogen-bond acceptors (Lipinski definition) is 4. The van der Waals surface area contributed by atoms with Crippen LogP contribution < -0.4 is 10.6 Å². The largest absolute Gasteiger partial charge is 0.335 e. The van der Waals surface area contributed by atoms with Gasteiger partial charge < -0.3 is 19.8 Å². The van der Waals surface area contributed by atoms with Crippen molar-refractivity contribution >= 4 is 44.7 Å². The number of nitrogens with zero attached hydrogens (tertiary/aromatic N) is 4. The first-order valence-corrected chi connectivity index (χ1v) is 14.1. The third-order valence-electron chi connectivity index (χ3n) is 7.17. The Bertz CT molecular complexity index is 1520. The van der Waals surface area contributed by atoms with Crippen LogP contribution in [0.3, 0.4) is 0 Å². The summed E-state index contributed by atoms with van der Waals surface area (Å²) in [5.41, 5.74) is 1.46. The molecule has 8 nitrogen and oxygen atoms in total. The van der Waals surface area contributed by atoms with Crippen LogP contribution in [0.2, 0.25) is 0 Å². The monoisotopic (exact) mass is 536 g/mol. The molecule has 0 saturated carbocycles. The van der Waals surface area contributed by atoms with E-state index in [1.165, 1.54) is 0 Å². The first kappa shape index (κ1) is 27.1. The minimum Gasteiger partial charge on any atom is -0.335 e. The molecule has 2 aromatic heterocycles. The van der Waals surface area contributed by atoms with Gasteiger partial charge >= 0.3 is 0 Å².